The Morgan fingerprint density at radius 2 is 1.85 bits per heavy atom. The first-order valence-electron chi connectivity index (χ1n) is 9.05. The summed E-state index contributed by atoms with van der Waals surface area (Å²) >= 11 is 0. The van der Waals surface area contributed by atoms with E-state index in [-0.39, 0.29) is 17.5 Å². The number of amides is 2. The monoisotopic (exact) mass is 372 g/mol. The minimum absolute atomic E-state index is 0.0585. The van der Waals surface area contributed by atoms with Crippen LogP contribution in [-0.2, 0) is 4.79 Å². The molecule has 7 heteroatoms. The average molecular weight is 372 g/mol. The van der Waals surface area contributed by atoms with Crippen molar-refractivity contribution in [3.63, 3.8) is 0 Å². The molecule has 0 aliphatic carbocycles. The Kier molecular flexibility index (Phi) is 7.12. The van der Waals surface area contributed by atoms with Crippen LogP contribution in [0.3, 0.4) is 0 Å². The highest BCUT2D eigenvalue weighted by Gasteiger charge is 2.26. The molecule has 2 N–H and O–H groups in total. The molecule has 0 saturated carbocycles. The number of nitrogens with zero attached hydrogens (tertiary/aromatic N) is 2. The Labute approximate surface area is 160 Å². The molecule has 7 nitrogen and oxygen atoms in total. The molecular formula is C20H28N4O3. The smallest absolute Gasteiger partial charge is 0.274 e. The van der Waals surface area contributed by atoms with Crippen LogP contribution >= 0.6 is 0 Å². The van der Waals surface area contributed by atoms with E-state index in [1.165, 1.54) is 0 Å². The Bertz CT molecular complexity index is 766. The lowest BCUT2D eigenvalue weighted by atomic mass is 10.0. The Hall–Kier alpha value is -2.67. The van der Waals surface area contributed by atoms with E-state index in [1.54, 1.807) is 6.07 Å². The Balaban J connectivity index is 2.03. The molecule has 0 unspecified atom stereocenters. The number of hydrogen-bond donors (Lipinski definition) is 2. The molecule has 1 heterocycles. The van der Waals surface area contributed by atoms with Crippen LogP contribution in [0.15, 0.2) is 34.9 Å². The summed E-state index contributed by atoms with van der Waals surface area (Å²) < 4.78 is 5.29. The van der Waals surface area contributed by atoms with Crippen LogP contribution < -0.4 is 10.6 Å². The summed E-state index contributed by atoms with van der Waals surface area (Å²) in [7, 11) is 3.87. The first-order valence-corrected chi connectivity index (χ1v) is 9.05. The van der Waals surface area contributed by atoms with Crippen LogP contribution in [0.4, 0.5) is 0 Å². The third-order valence-corrected chi connectivity index (χ3v) is 4.17. The van der Waals surface area contributed by atoms with Gasteiger partial charge >= 0.3 is 0 Å². The van der Waals surface area contributed by atoms with Crippen LogP contribution in [-0.4, -0.2) is 55.1 Å². The van der Waals surface area contributed by atoms with E-state index in [0.29, 0.717) is 12.3 Å². The summed E-state index contributed by atoms with van der Waals surface area (Å²) in [5.74, 6) is -0.186. The summed E-state index contributed by atoms with van der Waals surface area (Å²) in [5, 5.41) is 9.45. The molecular weight excluding hydrogens is 344 g/mol. The van der Waals surface area contributed by atoms with Gasteiger partial charge in [-0.3, -0.25) is 9.59 Å². The summed E-state index contributed by atoms with van der Waals surface area (Å²) in [6.07, 6.45) is 0. The van der Waals surface area contributed by atoms with Gasteiger partial charge < -0.3 is 20.1 Å². The molecule has 0 saturated heterocycles. The van der Waals surface area contributed by atoms with Gasteiger partial charge in [0.25, 0.3) is 5.91 Å². The van der Waals surface area contributed by atoms with E-state index in [4.69, 9.17) is 4.52 Å². The van der Waals surface area contributed by atoms with Crippen molar-refractivity contribution in [2.45, 2.75) is 26.8 Å². The predicted molar refractivity (Wildman–Crippen MR) is 104 cm³/mol. The number of nitrogens with one attached hydrogen (secondary N) is 2. The highest BCUT2D eigenvalue weighted by Crippen LogP contribution is 2.20. The Morgan fingerprint density at radius 1 is 1.19 bits per heavy atom. The minimum Gasteiger partial charge on any atom is -0.355 e. The van der Waals surface area contributed by atoms with Crippen molar-refractivity contribution in [2.24, 2.45) is 5.92 Å². The van der Waals surface area contributed by atoms with Gasteiger partial charge in [0.1, 0.15) is 6.04 Å². The van der Waals surface area contributed by atoms with E-state index < -0.39 is 11.9 Å². The van der Waals surface area contributed by atoms with Crippen molar-refractivity contribution in [1.29, 1.82) is 0 Å². The maximum absolute atomic E-state index is 12.5. The zero-order valence-corrected chi connectivity index (χ0v) is 16.6. The number of rotatable bonds is 8. The molecule has 1 aromatic heterocycles. The fourth-order valence-corrected chi connectivity index (χ4v) is 2.50. The lowest BCUT2D eigenvalue weighted by molar-refractivity contribution is -0.123. The second kappa shape index (κ2) is 9.32. The fraction of sp³-hybridized carbons (Fsp3) is 0.450. The van der Waals surface area contributed by atoms with E-state index in [2.05, 4.69) is 15.8 Å². The number of aromatic nitrogens is 1. The standard InChI is InChI=1S/C20H28N4O3/c1-13(2)18(20(26)21-10-11-24(4)5)22-19(25)16-12-17(27-23-16)15-8-6-14(3)7-9-15/h6-9,12-13,18H,10-11H2,1-5H3,(H,21,26)(H,22,25)/t18-/m0/s1. The van der Waals surface area contributed by atoms with Crippen molar-refractivity contribution in [2.75, 3.05) is 27.2 Å². The van der Waals surface area contributed by atoms with Crippen molar-refractivity contribution >= 4 is 11.8 Å². The SMILES string of the molecule is Cc1ccc(-c2cc(C(=O)N[C@H](C(=O)NCCN(C)C)C(C)C)no2)cc1. The molecule has 0 bridgehead atoms. The fourth-order valence-electron chi connectivity index (χ4n) is 2.50. The predicted octanol–water partition coefficient (Wildman–Crippen LogP) is 2.08. The van der Waals surface area contributed by atoms with Gasteiger partial charge in [-0.05, 0) is 26.9 Å². The summed E-state index contributed by atoms with van der Waals surface area (Å²) in [4.78, 5) is 26.9. The van der Waals surface area contributed by atoms with Gasteiger partial charge in [0, 0.05) is 24.7 Å². The van der Waals surface area contributed by atoms with Gasteiger partial charge in [-0.1, -0.05) is 48.8 Å². The van der Waals surface area contributed by atoms with Crippen LogP contribution in [0.25, 0.3) is 11.3 Å². The number of likely N-dealkylation sites (N-methyl/N-ethyl adjacent to an activating group) is 1. The number of carbonyl (C=O) groups excluding carboxylic acids is 2. The van der Waals surface area contributed by atoms with Crippen molar-refractivity contribution in [3.05, 3.63) is 41.6 Å². The summed E-state index contributed by atoms with van der Waals surface area (Å²) in [6.45, 7) is 7.02. The van der Waals surface area contributed by atoms with Gasteiger partial charge in [0.2, 0.25) is 5.91 Å². The quantitative estimate of drug-likeness (QED) is 0.741. The first-order chi connectivity index (χ1) is 12.8. The third-order valence-electron chi connectivity index (χ3n) is 4.17. The van der Waals surface area contributed by atoms with Crippen LogP contribution in [0.5, 0.6) is 0 Å². The van der Waals surface area contributed by atoms with E-state index in [0.717, 1.165) is 17.7 Å². The van der Waals surface area contributed by atoms with Crippen molar-refractivity contribution < 1.29 is 14.1 Å². The van der Waals surface area contributed by atoms with Gasteiger partial charge in [-0.2, -0.15) is 0 Å². The maximum Gasteiger partial charge on any atom is 0.274 e. The number of carbonyl (C=O) groups is 2. The van der Waals surface area contributed by atoms with Gasteiger partial charge in [0.15, 0.2) is 11.5 Å². The van der Waals surface area contributed by atoms with Gasteiger partial charge in [-0.15, -0.1) is 0 Å². The number of hydrogen-bond acceptors (Lipinski definition) is 5. The molecule has 0 aliphatic heterocycles. The van der Waals surface area contributed by atoms with E-state index >= 15 is 0 Å². The van der Waals surface area contributed by atoms with Crippen molar-refractivity contribution in [3.8, 4) is 11.3 Å². The molecule has 2 rings (SSSR count). The molecule has 1 aromatic carbocycles. The average Bonchev–Trinajstić information content (AvgIpc) is 3.09. The van der Waals surface area contributed by atoms with E-state index in [1.807, 2.05) is 64.0 Å². The summed E-state index contributed by atoms with van der Waals surface area (Å²) in [5.41, 5.74) is 2.13. The van der Waals surface area contributed by atoms with Crippen LogP contribution in [0, 0.1) is 12.8 Å². The second-order valence-corrected chi connectivity index (χ2v) is 7.23. The van der Waals surface area contributed by atoms with E-state index in [9.17, 15) is 9.59 Å². The highest BCUT2D eigenvalue weighted by molar-refractivity contribution is 5.96. The lowest BCUT2D eigenvalue weighted by Crippen LogP contribution is -2.50. The van der Waals surface area contributed by atoms with Crippen molar-refractivity contribution in [1.82, 2.24) is 20.7 Å². The number of aryl methyl sites for hydroxylation is 1. The molecule has 1 atom stereocenters. The molecule has 0 spiro atoms. The minimum atomic E-state index is -0.640. The van der Waals surface area contributed by atoms with Crippen LogP contribution in [0.1, 0.15) is 29.9 Å². The second-order valence-electron chi connectivity index (χ2n) is 7.23. The molecule has 0 fully saturated rings. The largest absolute Gasteiger partial charge is 0.355 e. The van der Waals surface area contributed by atoms with Gasteiger partial charge in [0.05, 0.1) is 0 Å². The zero-order chi connectivity index (χ0) is 20.0. The highest BCUT2D eigenvalue weighted by atomic mass is 16.5. The molecule has 27 heavy (non-hydrogen) atoms. The molecule has 0 aliphatic rings. The Morgan fingerprint density at radius 3 is 2.44 bits per heavy atom. The lowest BCUT2D eigenvalue weighted by Gasteiger charge is -2.21. The molecule has 2 aromatic rings. The third kappa shape index (κ3) is 5.92. The molecule has 0 radical (unpaired) electrons. The van der Waals surface area contributed by atoms with Crippen LogP contribution in [0.2, 0.25) is 0 Å². The normalized spacial score (nSPS) is 12.3. The number of benzene rings is 1. The van der Waals surface area contributed by atoms with Gasteiger partial charge in [-0.25, -0.2) is 0 Å². The summed E-state index contributed by atoms with van der Waals surface area (Å²) in [6, 6.07) is 8.69. The molecule has 146 valence electrons. The maximum atomic E-state index is 12.5. The first kappa shape index (κ1) is 20.6. The molecule has 2 amide bonds. The zero-order valence-electron chi connectivity index (χ0n) is 16.6. The topological polar surface area (TPSA) is 87.5 Å².